The molecule has 0 radical (unpaired) electrons. The normalized spacial score (nSPS) is 15.9. The first-order valence-corrected chi connectivity index (χ1v) is 10.2. The van der Waals surface area contributed by atoms with Crippen LogP contribution in [0.15, 0.2) is 42.5 Å². The fourth-order valence-electron chi connectivity index (χ4n) is 3.34. The number of halogens is 2. The van der Waals surface area contributed by atoms with Gasteiger partial charge < -0.3 is 15.0 Å². The minimum atomic E-state index is -0.265. The van der Waals surface area contributed by atoms with Crippen molar-refractivity contribution in [1.82, 2.24) is 4.90 Å². The molecule has 1 heterocycles. The fraction of sp³-hybridized carbons (Fsp3) is 0.381. The Bertz CT molecular complexity index is 823. The molecule has 1 aliphatic rings. The highest BCUT2D eigenvalue weighted by molar-refractivity contribution is 6.35. The Morgan fingerprint density at radius 1 is 1.14 bits per heavy atom. The maximum absolute atomic E-state index is 12.7. The van der Waals surface area contributed by atoms with E-state index in [0.29, 0.717) is 22.3 Å². The Labute approximate surface area is 176 Å². The van der Waals surface area contributed by atoms with E-state index in [1.807, 2.05) is 32.0 Å². The quantitative estimate of drug-likeness (QED) is 0.743. The number of nitrogens with zero attached hydrogens (tertiary/aromatic N) is 2. The molecular weight excluding hydrogens is 397 g/mol. The predicted molar refractivity (Wildman–Crippen MR) is 116 cm³/mol. The SMILES string of the molecule is CCOc1ccccc1N1CCN(C(C)C(=O)Nc2cc(Cl)ccc2Cl)CC1. The zero-order chi connectivity index (χ0) is 20.1. The third-order valence-electron chi connectivity index (χ3n) is 4.93. The number of para-hydroxylation sites is 2. The van der Waals surface area contributed by atoms with E-state index in [9.17, 15) is 4.79 Å². The number of nitrogens with one attached hydrogen (secondary N) is 1. The minimum Gasteiger partial charge on any atom is -0.492 e. The van der Waals surface area contributed by atoms with Gasteiger partial charge in [-0.2, -0.15) is 0 Å². The van der Waals surface area contributed by atoms with Gasteiger partial charge in [-0.15, -0.1) is 0 Å². The monoisotopic (exact) mass is 421 g/mol. The minimum absolute atomic E-state index is 0.0904. The summed E-state index contributed by atoms with van der Waals surface area (Å²) in [6.45, 7) is 7.79. The standard InChI is InChI=1S/C21H25Cl2N3O2/c1-3-28-20-7-5-4-6-19(20)26-12-10-25(11-13-26)15(2)21(27)24-18-14-16(22)8-9-17(18)23/h4-9,14-15H,3,10-13H2,1-2H3,(H,24,27). The van der Waals surface area contributed by atoms with E-state index in [4.69, 9.17) is 27.9 Å². The maximum Gasteiger partial charge on any atom is 0.241 e. The summed E-state index contributed by atoms with van der Waals surface area (Å²) in [5, 5.41) is 3.90. The third kappa shape index (κ3) is 4.90. The van der Waals surface area contributed by atoms with Crippen LogP contribution in [0, 0.1) is 0 Å². The van der Waals surface area contributed by atoms with Gasteiger partial charge in [0.1, 0.15) is 5.75 Å². The molecule has 1 aliphatic heterocycles. The highest BCUT2D eigenvalue weighted by Gasteiger charge is 2.27. The third-order valence-corrected chi connectivity index (χ3v) is 5.50. The number of rotatable bonds is 6. The van der Waals surface area contributed by atoms with Crippen molar-refractivity contribution in [2.75, 3.05) is 43.0 Å². The Morgan fingerprint density at radius 3 is 2.57 bits per heavy atom. The molecule has 3 rings (SSSR count). The summed E-state index contributed by atoms with van der Waals surface area (Å²) < 4.78 is 5.75. The number of ether oxygens (including phenoxy) is 1. The van der Waals surface area contributed by atoms with Gasteiger partial charge in [-0.05, 0) is 44.2 Å². The van der Waals surface area contributed by atoms with Crippen molar-refractivity contribution in [3.05, 3.63) is 52.5 Å². The number of amides is 1. The molecule has 1 N–H and O–H groups in total. The molecule has 1 saturated heterocycles. The van der Waals surface area contributed by atoms with Crippen LogP contribution in [0.1, 0.15) is 13.8 Å². The fourth-order valence-corrected chi connectivity index (χ4v) is 3.68. The number of hydrogen-bond donors (Lipinski definition) is 1. The van der Waals surface area contributed by atoms with Crippen molar-refractivity contribution < 1.29 is 9.53 Å². The first-order chi connectivity index (χ1) is 13.5. The molecular formula is C21H25Cl2N3O2. The Morgan fingerprint density at radius 2 is 1.86 bits per heavy atom. The lowest BCUT2D eigenvalue weighted by Crippen LogP contribution is -2.52. The van der Waals surface area contributed by atoms with Crippen LogP contribution < -0.4 is 15.0 Å². The lowest BCUT2D eigenvalue weighted by molar-refractivity contribution is -0.120. The molecule has 5 nitrogen and oxygen atoms in total. The van der Waals surface area contributed by atoms with Gasteiger partial charge in [0.15, 0.2) is 0 Å². The van der Waals surface area contributed by atoms with E-state index in [1.165, 1.54) is 0 Å². The van der Waals surface area contributed by atoms with Gasteiger partial charge >= 0.3 is 0 Å². The second-order valence-electron chi connectivity index (χ2n) is 6.71. The summed E-state index contributed by atoms with van der Waals surface area (Å²) in [5.41, 5.74) is 1.64. The van der Waals surface area contributed by atoms with Crippen LogP contribution in [-0.2, 0) is 4.79 Å². The average molecular weight is 422 g/mol. The van der Waals surface area contributed by atoms with Gasteiger partial charge in [0, 0.05) is 31.2 Å². The van der Waals surface area contributed by atoms with Gasteiger partial charge in [-0.25, -0.2) is 0 Å². The summed E-state index contributed by atoms with van der Waals surface area (Å²) in [7, 11) is 0. The number of anilines is 2. The van der Waals surface area contributed by atoms with E-state index in [-0.39, 0.29) is 11.9 Å². The van der Waals surface area contributed by atoms with Crippen LogP contribution in [0.5, 0.6) is 5.75 Å². The first-order valence-electron chi connectivity index (χ1n) is 9.46. The first kappa shape index (κ1) is 20.8. The topological polar surface area (TPSA) is 44.8 Å². The highest BCUT2D eigenvalue weighted by atomic mass is 35.5. The Balaban J connectivity index is 1.60. The Hall–Kier alpha value is -1.95. The van der Waals surface area contributed by atoms with Gasteiger partial charge in [-0.3, -0.25) is 9.69 Å². The van der Waals surface area contributed by atoms with Gasteiger partial charge in [0.2, 0.25) is 5.91 Å². The van der Waals surface area contributed by atoms with Crippen molar-refractivity contribution in [3.63, 3.8) is 0 Å². The van der Waals surface area contributed by atoms with Crippen molar-refractivity contribution in [3.8, 4) is 5.75 Å². The second kappa shape index (κ2) is 9.50. The number of benzene rings is 2. The maximum atomic E-state index is 12.7. The molecule has 1 fully saturated rings. The largest absolute Gasteiger partial charge is 0.492 e. The molecule has 1 amide bonds. The zero-order valence-electron chi connectivity index (χ0n) is 16.1. The summed E-state index contributed by atoms with van der Waals surface area (Å²) in [6.07, 6.45) is 0. The summed E-state index contributed by atoms with van der Waals surface area (Å²) >= 11 is 12.2. The molecule has 150 valence electrons. The molecule has 0 aliphatic carbocycles. The average Bonchev–Trinajstić information content (AvgIpc) is 2.71. The van der Waals surface area contributed by atoms with Crippen LogP contribution in [0.3, 0.4) is 0 Å². The lowest BCUT2D eigenvalue weighted by Gasteiger charge is -2.39. The Kier molecular flexibility index (Phi) is 7.05. The van der Waals surface area contributed by atoms with Crippen molar-refractivity contribution >= 4 is 40.5 Å². The van der Waals surface area contributed by atoms with Crippen LogP contribution in [0.4, 0.5) is 11.4 Å². The van der Waals surface area contributed by atoms with Crippen LogP contribution in [-0.4, -0.2) is 49.6 Å². The number of carbonyl (C=O) groups excluding carboxylic acids is 1. The number of carbonyl (C=O) groups is 1. The van der Waals surface area contributed by atoms with Crippen LogP contribution >= 0.6 is 23.2 Å². The smallest absolute Gasteiger partial charge is 0.241 e. The van der Waals surface area contributed by atoms with Crippen LogP contribution in [0.25, 0.3) is 0 Å². The molecule has 2 aromatic carbocycles. The van der Waals surface area contributed by atoms with E-state index in [2.05, 4.69) is 21.2 Å². The summed E-state index contributed by atoms with van der Waals surface area (Å²) in [6, 6.07) is 12.9. The van der Waals surface area contributed by atoms with Gasteiger partial charge in [0.05, 0.1) is 29.0 Å². The van der Waals surface area contributed by atoms with E-state index >= 15 is 0 Å². The van der Waals surface area contributed by atoms with Crippen molar-refractivity contribution in [2.45, 2.75) is 19.9 Å². The van der Waals surface area contributed by atoms with Gasteiger partial charge in [0.25, 0.3) is 0 Å². The molecule has 1 atom stereocenters. The molecule has 2 aromatic rings. The second-order valence-corrected chi connectivity index (χ2v) is 7.56. The predicted octanol–water partition coefficient (Wildman–Crippen LogP) is 4.54. The van der Waals surface area contributed by atoms with E-state index in [0.717, 1.165) is 37.6 Å². The lowest BCUT2D eigenvalue weighted by atomic mass is 10.2. The molecule has 0 spiro atoms. The van der Waals surface area contributed by atoms with Gasteiger partial charge in [-0.1, -0.05) is 35.3 Å². The molecule has 0 bridgehead atoms. The molecule has 1 unspecified atom stereocenters. The molecule has 0 saturated carbocycles. The molecule has 7 heteroatoms. The number of piperazine rings is 1. The summed E-state index contributed by atoms with van der Waals surface area (Å²) in [5.74, 6) is 0.812. The molecule has 0 aromatic heterocycles. The van der Waals surface area contributed by atoms with E-state index in [1.54, 1.807) is 18.2 Å². The zero-order valence-corrected chi connectivity index (χ0v) is 17.6. The molecule has 28 heavy (non-hydrogen) atoms. The number of hydrogen-bond acceptors (Lipinski definition) is 4. The van der Waals surface area contributed by atoms with Crippen molar-refractivity contribution in [1.29, 1.82) is 0 Å². The van der Waals surface area contributed by atoms with Crippen molar-refractivity contribution in [2.24, 2.45) is 0 Å². The summed E-state index contributed by atoms with van der Waals surface area (Å²) in [4.78, 5) is 17.2. The van der Waals surface area contributed by atoms with E-state index < -0.39 is 0 Å². The highest BCUT2D eigenvalue weighted by Crippen LogP contribution is 2.29. The van der Waals surface area contributed by atoms with Crippen LogP contribution in [0.2, 0.25) is 10.0 Å².